The molecule has 0 heterocycles. The van der Waals surface area contributed by atoms with Gasteiger partial charge in [0.2, 0.25) is 10.0 Å². The van der Waals surface area contributed by atoms with Gasteiger partial charge in [-0.2, -0.15) is 0 Å². The van der Waals surface area contributed by atoms with Crippen LogP contribution >= 0.6 is 0 Å². The van der Waals surface area contributed by atoms with Crippen molar-refractivity contribution in [2.75, 3.05) is 11.9 Å². The van der Waals surface area contributed by atoms with Crippen LogP contribution in [0.3, 0.4) is 0 Å². The minimum Gasteiger partial charge on any atom is -0.388 e. The Morgan fingerprint density at radius 3 is 2.52 bits per heavy atom. The van der Waals surface area contributed by atoms with Crippen molar-refractivity contribution in [2.24, 2.45) is 0 Å². The first-order chi connectivity index (χ1) is 10.6. The lowest BCUT2D eigenvalue weighted by molar-refractivity contribution is -0.384. The Labute approximate surface area is 135 Å². The molecule has 2 rings (SSSR count). The number of rotatable bonds is 7. The fourth-order valence-corrected chi connectivity index (χ4v) is 3.65. The highest BCUT2D eigenvalue weighted by molar-refractivity contribution is 7.89. The summed E-state index contributed by atoms with van der Waals surface area (Å²) in [5.74, 6) is 0. The van der Waals surface area contributed by atoms with Crippen LogP contribution in [0.5, 0.6) is 0 Å². The first-order valence-electron chi connectivity index (χ1n) is 7.40. The molecular formula is C14H21N3O5S. The Bertz CT molecular complexity index is 698. The largest absolute Gasteiger partial charge is 0.388 e. The van der Waals surface area contributed by atoms with E-state index >= 15 is 0 Å². The summed E-state index contributed by atoms with van der Waals surface area (Å²) in [5, 5.41) is 24.1. The molecule has 1 aliphatic rings. The molecule has 0 unspecified atom stereocenters. The van der Waals surface area contributed by atoms with Crippen LogP contribution in [0.4, 0.5) is 11.4 Å². The van der Waals surface area contributed by atoms with E-state index < -0.39 is 20.5 Å². The molecule has 0 atom stereocenters. The Hall–Kier alpha value is -1.71. The highest BCUT2D eigenvalue weighted by atomic mass is 32.2. The fourth-order valence-electron chi connectivity index (χ4n) is 2.38. The van der Waals surface area contributed by atoms with Crippen molar-refractivity contribution in [3.8, 4) is 0 Å². The number of aliphatic hydroxyl groups is 1. The zero-order valence-corrected chi connectivity index (χ0v) is 13.9. The highest BCUT2D eigenvalue weighted by Crippen LogP contribution is 2.33. The number of hydrogen-bond acceptors (Lipinski definition) is 6. The predicted octanol–water partition coefficient (Wildman–Crippen LogP) is 1.61. The third-order valence-electron chi connectivity index (χ3n) is 3.76. The summed E-state index contributed by atoms with van der Waals surface area (Å²) in [6, 6.07) is 3.38. The Kier molecular flexibility index (Phi) is 4.92. The van der Waals surface area contributed by atoms with Crippen molar-refractivity contribution < 1.29 is 18.4 Å². The minimum atomic E-state index is -3.80. The third-order valence-corrected chi connectivity index (χ3v) is 5.42. The van der Waals surface area contributed by atoms with Crippen molar-refractivity contribution in [3.63, 3.8) is 0 Å². The second-order valence-electron chi connectivity index (χ2n) is 6.14. The normalized spacial score (nSPS) is 16.9. The van der Waals surface area contributed by atoms with E-state index in [-0.39, 0.29) is 28.9 Å². The molecule has 0 radical (unpaired) electrons. The summed E-state index contributed by atoms with van der Waals surface area (Å²) in [4.78, 5) is 10.4. The van der Waals surface area contributed by atoms with Crippen molar-refractivity contribution in [1.29, 1.82) is 0 Å². The number of nitrogens with zero attached hydrogens (tertiary/aromatic N) is 1. The summed E-state index contributed by atoms with van der Waals surface area (Å²) in [6.07, 6.45) is 2.23. The maximum absolute atomic E-state index is 12.1. The van der Waals surface area contributed by atoms with Gasteiger partial charge in [0, 0.05) is 18.7 Å². The van der Waals surface area contributed by atoms with E-state index in [1.54, 1.807) is 13.8 Å². The zero-order valence-electron chi connectivity index (χ0n) is 13.1. The average Bonchev–Trinajstić information content (AvgIpc) is 2.41. The summed E-state index contributed by atoms with van der Waals surface area (Å²) in [6.45, 7) is 3.53. The zero-order chi connectivity index (χ0) is 17.3. The number of nitro benzene ring substituents is 1. The van der Waals surface area contributed by atoms with E-state index in [0.717, 1.165) is 12.5 Å². The van der Waals surface area contributed by atoms with Gasteiger partial charge in [0.05, 0.1) is 15.4 Å². The second kappa shape index (κ2) is 6.42. The molecule has 1 aromatic carbocycles. The van der Waals surface area contributed by atoms with Gasteiger partial charge < -0.3 is 10.4 Å². The summed E-state index contributed by atoms with van der Waals surface area (Å²) in [5.41, 5.74) is -0.976. The van der Waals surface area contributed by atoms with Gasteiger partial charge in [0.1, 0.15) is 5.69 Å². The van der Waals surface area contributed by atoms with Crippen LogP contribution in [0, 0.1) is 10.1 Å². The topological polar surface area (TPSA) is 122 Å². The smallest absolute Gasteiger partial charge is 0.293 e. The second-order valence-corrected chi connectivity index (χ2v) is 7.86. The Morgan fingerprint density at radius 1 is 1.39 bits per heavy atom. The maximum Gasteiger partial charge on any atom is 0.293 e. The molecule has 0 aliphatic heterocycles. The minimum absolute atomic E-state index is 0.161. The average molecular weight is 343 g/mol. The van der Waals surface area contributed by atoms with E-state index in [2.05, 4.69) is 10.0 Å². The number of nitrogens with one attached hydrogen (secondary N) is 2. The van der Waals surface area contributed by atoms with Crippen LogP contribution in [0.2, 0.25) is 0 Å². The van der Waals surface area contributed by atoms with Crippen LogP contribution in [0.15, 0.2) is 23.1 Å². The Morgan fingerprint density at radius 2 is 2.04 bits per heavy atom. The standard InChI is InChI=1S/C14H21N3O5S/c1-10(2)16-23(21,22)11-4-5-12(13(8-11)17(19)20)15-9-14(18)6-3-7-14/h4-5,8,10,15-16,18H,3,6-7,9H2,1-2H3. The fraction of sp³-hybridized carbons (Fsp3) is 0.571. The van der Waals surface area contributed by atoms with Gasteiger partial charge in [-0.3, -0.25) is 10.1 Å². The number of anilines is 1. The third kappa shape index (κ3) is 4.18. The molecule has 3 N–H and O–H groups in total. The van der Waals surface area contributed by atoms with Gasteiger partial charge in [-0.05, 0) is 45.2 Å². The molecule has 0 aromatic heterocycles. The molecule has 8 nitrogen and oxygen atoms in total. The van der Waals surface area contributed by atoms with E-state index in [1.165, 1.54) is 12.1 Å². The van der Waals surface area contributed by atoms with Gasteiger partial charge in [0.25, 0.3) is 5.69 Å². The predicted molar refractivity (Wildman–Crippen MR) is 85.8 cm³/mol. The number of hydrogen-bond donors (Lipinski definition) is 3. The molecule has 1 fully saturated rings. The molecule has 9 heteroatoms. The van der Waals surface area contributed by atoms with E-state index in [1.807, 2.05) is 0 Å². The molecule has 0 saturated heterocycles. The van der Waals surface area contributed by atoms with Gasteiger partial charge in [-0.15, -0.1) is 0 Å². The number of benzene rings is 1. The lowest BCUT2D eigenvalue weighted by Crippen LogP contribution is -2.43. The van der Waals surface area contributed by atoms with Gasteiger partial charge >= 0.3 is 0 Å². The molecule has 0 amide bonds. The lowest BCUT2D eigenvalue weighted by Gasteiger charge is -2.36. The quantitative estimate of drug-likeness (QED) is 0.511. The van der Waals surface area contributed by atoms with Crippen molar-refractivity contribution >= 4 is 21.4 Å². The van der Waals surface area contributed by atoms with E-state index in [0.29, 0.717) is 12.8 Å². The summed E-state index contributed by atoms with van der Waals surface area (Å²) < 4.78 is 26.6. The lowest BCUT2D eigenvalue weighted by atomic mass is 9.80. The van der Waals surface area contributed by atoms with Crippen LogP contribution in [0.25, 0.3) is 0 Å². The summed E-state index contributed by atoms with van der Waals surface area (Å²) in [7, 11) is -3.80. The highest BCUT2D eigenvalue weighted by Gasteiger charge is 2.34. The molecule has 23 heavy (non-hydrogen) atoms. The molecule has 1 aromatic rings. The van der Waals surface area contributed by atoms with E-state index in [4.69, 9.17) is 0 Å². The van der Waals surface area contributed by atoms with Crippen LogP contribution in [-0.4, -0.2) is 36.6 Å². The van der Waals surface area contributed by atoms with Crippen LogP contribution in [0.1, 0.15) is 33.1 Å². The molecule has 1 aliphatic carbocycles. The molecule has 128 valence electrons. The van der Waals surface area contributed by atoms with Crippen LogP contribution < -0.4 is 10.0 Å². The first kappa shape index (κ1) is 17.6. The van der Waals surface area contributed by atoms with Crippen LogP contribution in [-0.2, 0) is 10.0 Å². The van der Waals surface area contributed by atoms with Crippen molar-refractivity contribution in [1.82, 2.24) is 4.72 Å². The van der Waals surface area contributed by atoms with Crippen molar-refractivity contribution in [2.45, 2.75) is 49.6 Å². The number of nitro groups is 1. The van der Waals surface area contributed by atoms with E-state index in [9.17, 15) is 23.6 Å². The molecular weight excluding hydrogens is 322 g/mol. The SMILES string of the molecule is CC(C)NS(=O)(=O)c1ccc(NCC2(O)CCC2)c([N+](=O)[O-])c1. The molecule has 0 bridgehead atoms. The first-order valence-corrected chi connectivity index (χ1v) is 8.88. The van der Waals surface area contributed by atoms with Gasteiger partial charge in [0.15, 0.2) is 0 Å². The Balaban J connectivity index is 2.26. The monoisotopic (exact) mass is 343 g/mol. The maximum atomic E-state index is 12.1. The van der Waals surface area contributed by atoms with Gasteiger partial charge in [-0.1, -0.05) is 0 Å². The molecule has 1 saturated carbocycles. The molecule has 0 spiro atoms. The van der Waals surface area contributed by atoms with Gasteiger partial charge in [-0.25, -0.2) is 13.1 Å². The summed E-state index contributed by atoms with van der Waals surface area (Å²) >= 11 is 0. The number of sulfonamides is 1. The van der Waals surface area contributed by atoms with Crippen molar-refractivity contribution in [3.05, 3.63) is 28.3 Å².